The molecule has 0 aliphatic carbocycles. The lowest BCUT2D eigenvalue weighted by Crippen LogP contribution is -2.44. The summed E-state index contributed by atoms with van der Waals surface area (Å²) in [4.78, 5) is 15.3. The van der Waals surface area contributed by atoms with Gasteiger partial charge in [0.25, 0.3) is 0 Å². The molecule has 1 amide bonds. The number of carbonyl (C=O) groups excluding carboxylic acids is 1. The number of nitrogens with one attached hydrogen (secondary N) is 1. The third-order valence-corrected chi connectivity index (χ3v) is 6.88. The molecule has 2 aliphatic heterocycles. The fourth-order valence-corrected chi connectivity index (χ4v) is 5.07. The molecule has 2 aromatic rings. The summed E-state index contributed by atoms with van der Waals surface area (Å²) in [6, 6.07) is 14.7. The summed E-state index contributed by atoms with van der Waals surface area (Å²) in [5.41, 5.74) is 2.52. The summed E-state index contributed by atoms with van der Waals surface area (Å²) < 4.78 is 16.7. The molecule has 0 radical (unpaired) electrons. The topological polar surface area (TPSA) is 60.0 Å². The van der Waals surface area contributed by atoms with Crippen LogP contribution in [0.15, 0.2) is 42.5 Å². The molecule has 1 unspecified atom stereocenters. The SMILES string of the molecule is CC(C)Oc1ccc(CCCCCCC(=O)NC(Cc2ccc3c(c2)OCO3)CN2CCCC2)cc1. The van der Waals surface area contributed by atoms with Crippen LogP contribution in [0.5, 0.6) is 17.2 Å². The Labute approximate surface area is 216 Å². The Hall–Kier alpha value is -2.73. The summed E-state index contributed by atoms with van der Waals surface area (Å²) in [7, 11) is 0. The van der Waals surface area contributed by atoms with Crippen LogP contribution in [0.1, 0.15) is 69.9 Å². The molecule has 1 N–H and O–H groups in total. The van der Waals surface area contributed by atoms with E-state index in [9.17, 15) is 4.79 Å². The molecule has 2 aromatic carbocycles. The van der Waals surface area contributed by atoms with Gasteiger partial charge in [0, 0.05) is 19.0 Å². The van der Waals surface area contributed by atoms with Crippen molar-refractivity contribution in [3.8, 4) is 17.2 Å². The zero-order valence-corrected chi connectivity index (χ0v) is 22.0. The van der Waals surface area contributed by atoms with Crippen molar-refractivity contribution in [1.82, 2.24) is 10.2 Å². The number of carbonyl (C=O) groups is 1. The highest BCUT2D eigenvalue weighted by molar-refractivity contribution is 5.76. The number of rotatable bonds is 14. The number of aryl methyl sites for hydroxylation is 1. The van der Waals surface area contributed by atoms with E-state index in [1.165, 1.54) is 24.0 Å². The molecule has 4 rings (SSSR count). The second-order valence-electron chi connectivity index (χ2n) is 10.4. The minimum atomic E-state index is 0.110. The quantitative estimate of drug-likeness (QED) is 0.351. The maximum Gasteiger partial charge on any atom is 0.231 e. The lowest BCUT2D eigenvalue weighted by Gasteiger charge is -2.25. The number of nitrogens with zero attached hydrogens (tertiary/aromatic N) is 1. The molecular formula is C30H42N2O4. The Kier molecular flexibility index (Phi) is 9.91. The standard InChI is InChI=1S/C30H42N2O4/c1-23(2)36-27-14-11-24(12-15-27)9-5-3-4-6-10-30(33)31-26(21-32-17-7-8-18-32)19-25-13-16-28-29(20-25)35-22-34-28/h11-16,20,23,26H,3-10,17-19,21-22H2,1-2H3,(H,31,33). The average Bonchev–Trinajstić information content (AvgIpc) is 3.53. The van der Waals surface area contributed by atoms with Crippen molar-refractivity contribution in [2.24, 2.45) is 0 Å². The smallest absolute Gasteiger partial charge is 0.231 e. The van der Waals surface area contributed by atoms with Gasteiger partial charge in [-0.1, -0.05) is 31.0 Å². The number of unbranched alkanes of at least 4 members (excludes halogenated alkanes) is 3. The molecular weight excluding hydrogens is 452 g/mol. The van der Waals surface area contributed by atoms with Gasteiger partial charge in [-0.3, -0.25) is 4.79 Å². The number of amides is 1. The van der Waals surface area contributed by atoms with Crippen molar-refractivity contribution in [1.29, 1.82) is 0 Å². The zero-order chi connectivity index (χ0) is 25.2. The second kappa shape index (κ2) is 13.5. The van der Waals surface area contributed by atoms with Gasteiger partial charge in [-0.2, -0.15) is 0 Å². The van der Waals surface area contributed by atoms with Gasteiger partial charge in [0.15, 0.2) is 11.5 Å². The maximum absolute atomic E-state index is 12.8. The van der Waals surface area contributed by atoms with Gasteiger partial charge >= 0.3 is 0 Å². The van der Waals surface area contributed by atoms with Gasteiger partial charge < -0.3 is 24.4 Å². The Morgan fingerprint density at radius 2 is 1.67 bits per heavy atom. The van der Waals surface area contributed by atoms with E-state index in [1.807, 2.05) is 19.9 Å². The molecule has 36 heavy (non-hydrogen) atoms. The van der Waals surface area contributed by atoms with E-state index < -0.39 is 0 Å². The van der Waals surface area contributed by atoms with Gasteiger partial charge in [-0.25, -0.2) is 0 Å². The summed E-state index contributed by atoms with van der Waals surface area (Å²) in [5, 5.41) is 3.33. The largest absolute Gasteiger partial charge is 0.491 e. The van der Waals surface area contributed by atoms with E-state index in [0.717, 1.165) is 75.4 Å². The van der Waals surface area contributed by atoms with E-state index in [2.05, 4.69) is 46.6 Å². The Balaban J connectivity index is 1.16. The highest BCUT2D eigenvalue weighted by atomic mass is 16.7. The normalized spacial score (nSPS) is 15.9. The molecule has 0 bridgehead atoms. The molecule has 0 spiro atoms. The van der Waals surface area contributed by atoms with Crippen molar-refractivity contribution in [3.63, 3.8) is 0 Å². The monoisotopic (exact) mass is 494 g/mol. The first kappa shape index (κ1) is 26.3. The highest BCUT2D eigenvalue weighted by Gasteiger charge is 2.21. The zero-order valence-electron chi connectivity index (χ0n) is 22.0. The number of likely N-dealkylation sites (tertiary alicyclic amines) is 1. The predicted molar refractivity (Wildman–Crippen MR) is 143 cm³/mol. The van der Waals surface area contributed by atoms with Crippen LogP contribution in [0.25, 0.3) is 0 Å². The van der Waals surface area contributed by atoms with E-state index in [0.29, 0.717) is 6.42 Å². The van der Waals surface area contributed by atoms with Gasteiger partial charge in [0.05, 0.1) is 6.10 Å². The van der Waals surface area contributed by atoms with Crippen LogP contribution >= 0.6 is 0 Å². The van der Waals surface area contributed by atoms with Crippen molar-refractivity contribution >= 4 is 5.91 Å². The molecule has 1 saturated heterocycles. The molecule has 2 heterocycles. The van der Waals surface area contributed by atoms with E-state index in [1.54, 1.807) is 0 Å². The fourth-order valence-electron chi connectivity index (χ4n) is 5.07. The predicted octanol–water partition coefficient (Wildman–Crippen LogP) is 5.52. The Morgan fingerprint density at radius 3 is 2.44 bits per heavy atom. The molecule has 1 fully saturated rings. The summed E-state index contributed by atoms with van der Waals surface area (Å²) in [5.74, 6) is 2.71. The van der Waals surface area contributed by atoms with Crippen molar-refractivity contribution in [3.05, 3.63) is 53.6 Å². The lowest BCUT2D eigenvalue weighted by molar-refractivity contribution is -0.122. The van der Waals surface area contributed by atoms with Crippen LogP contribution in [0, 0.1) is 0 Å². The Bertz CT molecular complexity index is 954. The molecule has 6 nitrogen and oxygen atoms in total. The average molecular weight is 495 g/mol. The van der Waals surface area contributed by atoms with Crippen LogP contribution in [0.2, 0.25) is 0 Å². The number of hydrogen-bond donors (Lipinski definition) is 1. The van der Waals surface area contributed by atoms with Crippen LogP contribution in [-0.4, -0.2) is 49.4 Å². The first-order valence-corrected chi connectivity index (χ1v) is 13.7. The Morgan fingerprint density at radius 1 is 0.944 bits per heavy atom. The molecule has 1 atom stereocenters. The number of benzene rings is 2. The second-order valence-corrected chi connectivity index (χ2v) is 10.4. The maximum atomic E-state index is 12.8. The van der Waals surface area contributed by atoms with Crippen molar-refractivity contribution < 1.29 is 19.0 Å². The highest BCUT2D eigenvalue weighted by Crippen LogP contribution is 2.32. The van der Waals surface area contributed by atoms with Crippen LogP contribution < -0.4 is 19.5 Å². The van der Waals surface area contributed by atoms with Crippen LogP contribution in [0.3, 0.4) is 0 Å². The summed E-state index contributed by atoms with van der Waals surface area (Å²) >= 11 is 0. The fraction of sp³-hybridized carbons (Fsp3) is 0.567. The van der Waals surface area contributed by atoms with Gasteiger partial charge in [0.2, 0.25) is 12.7 Å². The minimum absolute atomic E-state index is 0.110. The molecule has 0 aromatic heterocycles. The molecule has 196 valence electrons. The summed E-state index contributed by atoms with van der Waals surface area (Å²) in [6.07, 6.45) is 9.49. The molecule has 6 heteroatoms. The van der Waals surface area contributed by atoms with E-state index >= 15 is 0 Å². The number of ether oxygens (including phenoxy) is 3. The minimum Gasteiger partial charge on any atom is -0.491 e. The number of fused-ring (bicyclic) bond motifs is 1. The van der Waals surface area contributed by atoms with Gasteiger partial charge in [-0.05, 0) is 101 Å². The van der Waals surface area contributed by atoms with Gasteiger partial charge in [0.1, 0.15) is 5.75 Å². The third kappa shape index (κ3) is 8.44. The van der Waals surface area contributed by atoms with Gasteiger partial charge in [-0.15, -0.1) is 0 Å². The van der Waals surface area contributed by atoms with Crippen LogP contribution in [-0.2, 0) is 17.6 Å². The van der Waals surface area contributed by atoms with E-state index in [4.69, 9.17) is 14.2 Å². The molecule has 0 saturated carbocycles. The lowest BCUT2D eigenvalue weighted by atomic mass is 10.0. The van der Waals surface area contributed by atoms with E-state index in [-0.39, 0.29) is 24.8 Å². The first-order valence-electron chi connectivity index (χ1n) is 13.7. The summed E-state index contributed by atoms with van der Waals surface area (Å²) in [6.45, 7) is 7.53. The first-order chi connectivity index (χ1) is 17.5. The number of hydrogen-bond acceptors (Lipinski definition) is 5. The van der Waals surface area contributed by atoms with Crippen molar-refractivity contribution in [2.75, 3.05) is 26.4 Å². The van der Waals surface area contributed by atoms with Crippen molar-refractivity contribution in [2.45, 2.75) is 83.8 Å². The third-order valence-electron chi connectivity index (χ3n) is 6.88. The molecule has 2 aliphatic rings. The van der Waals surface area contributed by atoms with Crippen LogP contribution in [0.4, 0.5) is 0 Å².